The molecule has 0 radical (unpaired) electrons. The summed E-state index contributed by atoms with van der Waals surface area (Å²) in [5, 5.41) is 5.53. The minimum absolute atomic E-state index is 0.657. The van der Waals surface area contributed by atoms with Crippen LogP contribution in [0.25, 0.3) is 10.9 Å². The number of nitrogens with one attached hydrogen (secondary N) is 2. The van der Waals surface area contributed by atoms with Crippen molar-refractivity contribution in [2.75, 3.05) is 7.05 Å². The Morgan fingerprint density at radius 2 is 2.07 bits per heavy atom. The van der Waals surface area contributed by atoms with Gasteiger partial charge < -0.3 is 10.3 Å². The van der Waals surface area contributed by atoms with E-state index in [0.717, 1.165) is 23.1 Å². The van der Waals surface area contributed by atoms with E-state index in [-0.39, 0.29) is 0 Å². The molecule has 0 atom stereocenters. The van der Waals surface area contributed by atoms with Crippen LogP contribution in [0.2, 0.25) is 10.0 Å². The fourth-order valence-corrected chi connectivity index (χ4v) is 2.45. The molecule has 1 aromatic heterocycles. The van der Waals surface area contributed by atoms with Gasteiger partial charge in [0.1, 0.15) is 0 Å². The molecule has 0 unspecified atom stereocenters. The normalized spacial score (nSPS) is 11.2. The molecule has 2 rings (SSSR count). The van der Waals surface area contributed by atoms with E-state index in [2.05, 4.69) is 17.2 Å². The molecule has 0 aliphatic rings. The molecule has 0 aliphatic heterocycles. The van der Waals surface area contributed by atoms with Gasteiger partial charge >= 0.3 is 0 Å². The third-order valence-electron chi connectivity index (χ3n) is 2.52. The van der Waals surface area contributed by atoms with Crippen molar-refractivity contribution >= 4 is 34.1 Å². The molecule has 1 aromatic carbocycles. The number of H-pyrrole nitrogens is 1. The van der Waals surface area contributed by atoms with Crippen LogP contribution >= 0.6 is 23.2 Å². The van der Waals surface area contributed by atoms with Crippen molar-refractivity contribution in [2.24, 2.45) is 0 Å². The molecule has 2 nitrogen and oxygen atoms in total. The number of rotatable bonds is 2. The fraction of sp³-hybridized carbons (Fsp3) is 0.273. The van der Waals surface area contributed by atoms with Crippen LogP contribution in [-0.2, 0) is 6.54 Å². The highest BCUT2D eigenvalue weighted by Crippen LogP contribution is 2.31. The van der Waals surface area contributed by atoms with E-state index in [0.29, 0.717) is 10.0 Å². The first-order chi connectivity index (χ1) is 7.13. The Morgan fingerprint density at radius 3 is 2.73 bits per heavy atom. The largest absolute Gasteiger partial charge is 0.357 e. The zero-order valence-electron chi connectivity index (χ0n) is 8.62. The summed E-state index contributed by atoms with van der Waals surface area (Å²) >= 11 is 12.1. The summed E-state index contributed by atoms with van der Waals surface area (Å²) in [5.41, 5.74) is 3.33. The van der Waals surface area contributed by atoms with Crippen LogP contribution in [0, 0.1) is 6.92 Å². The predicted octanol–water partition coefficient (Wildman–Crippen LogP) is 3.50. The van der Waals surface area contributed by atoms with Crippen molar-refractivity contribution in [3.05, 3.63) is 33.4 Å². The first-order valence-corrected chi connectivity index (χ1v) is 5.50. The van der Waals surface area contributed by atoms with Gasteiger partial charge in [0.05, 0.1) is 5.02 Å². The van der Waals surface area contributed by atoms with Crippen LogP contribution in [0.15, 0.2) is 12.1 Å². The summed E-state index contributed by atoms with van der Waals surface area (Å²) in [6, 6.07) is 3.67. The smallest absolute Gasteiger partial charge is 0.0517 e. The molecule has 0 amide bonds. The Kier molecular flexibility index (Phi) is 2.91. The Morgan fingerprint density at radius 1 is 1.33 bits per heavy atom. The molecule has 0 spiro atoms. The van der Waals surface area contributed by atoms with Crippen LogP contribution in [0.1, 0.15) is 11.3 Å². The van der Waals surface area contributed by atoms with E-state index in [4.69, 9.17) is 23.2 Å². The van der Waals surface area contributed by atoms with E-state index in [1.54, 1.807) is 6.07 Å². The van der Waals surface area contributed by atoms with Gasteiger partial charge in [0.25, 0.3) is 0 Å². The number of aromatic amines is 1. The van der Waals surface area contributed by atoms with Crippen molar-refractivity contribution in [3.8, 4) is 0 Å². The number of fused-ring (bicyclic) bond motifs is 1. The summed E-state index contributed by atoms with van der Waals surface area (Å²) in [7, 11) is 1.92. The number of hydrogen-bond acceptors (Lipinski definition) is 1. The second-order valence-electron chi connectivity index (χ2n) is 3.57. The average Bonchev–Trinajstić information content (AvgIpc) is 2.43. The Hall–Kier alpha value is -0.700. The van der Waals surface area contributed by atoms with Gasteiger partial charge in [-0.2, -0.15) is 0 Å². The van der Waals surface area contributed by atoms with E-state index in [9.17, 15) is 0 Å². The maximum absolute atomic E-state index is 6.16. The minimum Gasteiger partial charge on any atom is -0.357 e. The highest BCUT2D eigenvalue weighted by atomic mass is 35.5. The number of halogens is 2. The Bertz CT molecular complexity index is 503. The fourth-order valence-electron chi connectivity index (χ4n) is 1.81. The maximum atomic E-state index is 6.16. The van der Waals surface area contributed by atoms with Gasteiger partial charge in [0.2, 0.25) is 0 Å². The molecule has 0 fully saturated rings. The van der Waals surface area contributed by atoms with Crippen molar-refractivity contribution < 1.29 is 0 Å². The second-order valence-corrected chi connectivity index (χ2v) is 4.41. The molecule has 80 valence electrons. The zero-order chi connectivity index (χ0) is 11.0. The Balaban J connectivity index is 2.70. The lowest BCUT2D eigenvalue weighted by Crippen LogP contribution is -2.06. The number of hydrogen-bond donors (Lipinski definition) is 2. The summed E-state index contributed by atoms with van der Waals surface area (Å²) in [4.78, 5) is 3.32. The van der Waals surface area contributed by atoms with E-state index in [1.165, 1.54) is 5.56 Å². The number of aryl methyl sites for hydroxylation is 1. The SMILES string of the molecule is CNCc1[nH]c2cc(Cl)cc(Cl)c2c1C. The monoisotopic (exact) mass is 242 g/mol. The second kappa shape index (κ2) is 4.05. The third kappa shape index (κ3) is 1.85. The lowest BCUT2D eigenvalue weighted by Gasteiger charge is -1.98. The van der Waals surface area contributed by atoms with Gasteiger partial charge in [0, 0.05) is 28.2 Å². The first-order valence-electron chi connectivity index (χ1n) is 4.74. The number of benzene rings is 1. The van der Waals surface area contributed by atoms with Gasteiger partial charge in [-0.1, -0.05) is 23.2 Å². The van der Waals surface area contributed by atoms with E-state index >= 15 is 0 Å². The van der Waals surface area contributed by atoms with Crippen LogP contribution in [0.5, 0.6) is 0 Å². The van der Waals surface area contributed by atoms with E-state index in [1.807, 2.05) is 13.1 Å². The quantitative estimate of drug-likeness (QED) is 0.829. The molecular formula is C11H12Cl2N2. The molecule has 2 aromatic rings. The lowest BCUT2D eigenvalue weighted by atomic mass is 10.1. The molecule has 1 heterocycles. The molecule has 15 heavy (non-hydrogen) atoms. The van der Waals surface area contributed by atoms with Gasteiger partial charge in [-0.15, -0.1) is 0 Å². The molecule has 0 aliphatic carbocycles. The molecule has 4 heteroatoms. The van der Waals surface area contributed by atoms with Crippen molar-refractivity contribution in [1.29, 1.82) is 0 Å². The van der Waals surface area contributed by atoms with Crippen LogP contribution in [-0.4, -0.2) is 12.0 Å². The highest BCUT2D eigenvalue weighted by Gasteiger charge is 2.10. The molecule has 0 saturated carbocycles. The maximum Gasteiger partial charge on any atom is 0.0517 e. The summed E-state index contributed by atoms with van der Waals surface area (Å²) in [6.45, 7) is 2.86. The van der Waals surface area contributed by atoms with Crippen LogP contribution < -0.4 is 5.32 Å². The van der Waals surface area contributed by atoms with Crippen molar-refractivity contribution in [2.45, 2.75) is 13.5 Å². The average molecular weight is 243 g/mol. The van der Waals surface area contributed by atoms with Crippen LogP contribution in [0.4, 0.5) is 0 Å². The van der Waals surface area contributed by atoms with Crippen molar-refractivity contribution in [3.63, 3.8) is 0 Å². The third-order valence-corrected chi connectivity index (χ3v) is 3.04. The lowest BCUT2D eigenvalue weighted by molar-refractivity contribution is 0.794. The minimum atomic E-state index is 0.657. The molecular weight excluding hydrogens is 231 g/mol. The van der Waals surface area contributed by atoms with Gasteiger partial charge in [0.15, 0.2) is 0 Å². The highest BCUT2D eigenvalue weighted by molar-refractivity contribution is 6.38. The standard InChI is InChI=1S/C11H12Cl2N2/c1-6-10(5-14-2)15-9-4-7(12)3-8(13)11(6)9/h3-4,14-15H,5H2,1-2H3. The summed E-state index contributed by atoms with van der Waals surface area (Å²) in [5.74, 6) is 0. The van der Waals surface area contributed by atoms with Gasteiger partial charge in [-0.25, -0.2) is 0 Å². The van der Waals surface area contributed by atoms with Crippen molar-refractivity contribution in [1.82, 2.24) is 10.3 Å². The van der Waals surface area contributed by atoms with Crippen LogP contribution in [0.3, 0.4) is 0 Å². The number of aromatic nitrogens is 1. The predicted molar refractivity (Wildman–Crippen MR) is 65.8 cm³/mol. The molecule has 0 bridgehead atoms. The zero-order valence-corrected chi connectivity index (χ0v) is 10.1. The summed E-state index contributed by atoms with van der Waals surface area (Å²) in [6.07, 6.45) is 0. The molecule has 2 N–H and O–H groups in total. The van der Waals surface area contributed by atoms with Gasteiger partial charge in [-0.3, -0.25) is 0 Å². The van der Waals surface area contributed by atoms with E-state index < -0.39 is 0 Å². The first kappa shape index (κ1) is 10.8. The Labute approximate surface area is 98.6 Å². The van der Waals surface area contributed by atoms with Gasteiger partial charge in [-0.05, 0) is 31.7 Å². The topological polar surface area (TPSA) is 27.8 Å². The summed E-state index contributed by atoms with van der Waals surface area (Å²) < 4.78 is 0. The molecule has 0 saturated heterocycles.